The van der Waals surface area contributed by atoms with Crippen molar-refractivity contribution in [2.45, 2.75) is 0 Å². The van der Waals surface area contributed by atoms with Crippen molar-refractivity contribution in [1.82, 2.24) is 19.9 Å². The van der Waals surface area contributed by atoms with Gasteiger partial charge in [0, 0.05) is 58.7 Å². The van der Waals surface area contributed by atoms with Crippen LogP contribution in [0.2, 0.25) is 0 Å². The second kappa shape index (κ2) is 16.2. The van der Waals surface area contributed by atoms with Crippen molar-refractivity contribution in [3.8, 4) is 78.8 Å². The molecular formula is C52H32N6O5. The van der Waals surface area contributed by atoms with E-state index in [1.54, 1.807) is 24.3 Å². The van der Waals surface area contributed by atoms with E-state index in [2.05, 4.69) is 0 Å². The van der Waals surface area contributed by atoms with Crippen LogP contribution in [-0.2, 0) is 0 Å². The molecule has 0 N–H and O–H groups in total. The van der Waals surface area contributed by atoms with E-state index < -0.39 is 9.85 Å². The lowest BCUT2D eigenvalue weighted by Gasteiger charge is -2.13. The van der Waals surface area contributed by atoms with Gasteiger partial charge in [0.25, 0.3) is 11.4 Å². The highest BCUT2D eigenvalue weighted by Crippen LogP contribution is 2.37. The van der Waals surface area contributed by atoms with Crippen LogP contribution in [0.3, 0.4) is 0 Å². The maximum Gasteiger partial charge on any atom is 0.269 e. The van der Waals surface area contributed by atoms with E-state index in [4.69, 9.17) is 24.7 Å². The third-order valence-electron chi connectivity index (χ3n) is 10.7. The average molecular weight is 821 g/mol. The SMILES string of the molecule is O=[N+]([O-])c1ccc(-c2ccc(-c3nc4cc(Oc5ccc6nc(-c7ccccc7)c(-c7ccc(-c8ccc([N+](=O)[O-])cc8)cc7)nc6c5)ccc4nc3-c3ccccc3)cc2)cc1. The first-order valence-corrected chi connectivity index (χ1v) is 20.0. The van der Waals surface area contributed by atoms with Gasteiger partial charge in [0.15, 0.2) is 0 Å². The van der Waals surface area contributed by atoms with Crippen molar-refractivity contribution >= 4 is 33.4 Å². The first-order chi connectivity index (χ1) is 30.8. The lowest BCUT2D eigenvalue weighted by atomic mass is 9.99. The maximum atomic E-state index is 11.2. The van der Waals surface area contributed by atoms with Crippen molar-refractivity contribution in [1.29, 1.82) is 0 Å². The number of nitro groups is 2. The Morgan fingerprint density at radius 2 is 0.603 bits per heavy atom. The molecule has 0 saturated carbocycles. The normalized spacial score (nSPS) is 11.1. The molecule has 11 nitrogen and oxygen atoms in total. The van der Waals surface area contributed by atoms with Crippen LogP contribution >= 0.6 is 0 Å². The zero-order valence-corrected chi connectivity index (χ0v) is 33.2. The number of nitrogens with zero attached hydrogens (tertiary/aromatic N) is 6. The monoisotopic (exact) mass is 820 g/mol. The maximum absolute atomic E-state index is 11.2. The van der Waals surface area contributed by atoms with Gasteiger partial charge in [-0.15, -0.1) is 0 Å². The number of rotatable bonds is 10. The van der Waals surface area contributed by atoms with Crippen LogP contribution in [0.1, 0.15) is 0 Å². The van der Waals surface area contributed by atoms with Gasteiger partial charge in [-0.25, -0.2) is 19.9 Å². The topological polar surface area (TPSA) is 147 Å². The number of benzene rings is 8. The largest absolute Gasteiger partial charge is 0.457 e. The number of hydrogen-bond acceptors (Lipinski definition) is 9. The van der Waals surface area contributed by atoms with E-state index in [-0.39, 0.29) is 11.4 Å². The third kappa shape index (κ3) is 7.81. The minimum absolute atomic E-state index is 0.0425. The summed E-state index contributed by atoms with van der Waals surface area (Å²) < 4.78 is 6.47. The first-order valence-electron chi connectivity index (χ1n) is 20.0. The molecule has 0 bridgehead atoms. The van der Waals surface area contributed by atoms with Crippen LogP contribution in [0.25, 0.3) is 89.4 Å². The van der Waals surface area contributed by atoms with Crippen molar-refractivity contribution in [3.05, 3.63) is 214 Å². The fourth-order valence-corrected chi connectivity index (χ4v) is 7.52. The molecule has 11 heteroatoms. The van der Waals surface area contributed by atoms with Crippen molar-refractivity contribution in [2.24, 2.45) is 0 Å². The number of fused-ring (bicyclic) bond motifs is 2. The molecule has 0 aliphatic carbocycles. The Kier molecular flexibility index (Phi) is 9.86. The minimum Gasteiger partial charge on any atom is -0.457 e. The average Bonchev–Trinajstić information content (AvgIpc) is 3.34. The van der Waals surface area contributed by atoms with E-state index in [0.29, 0.717) is 45.0 Å². The summed E-state index contributed by atoms with van der Waals surface area (Å²) in [6.07, 6.45) is 0. The van der Waals surface area contributed by atoms with Crippen LogP contribution in [0.4, 0.5) is 11.4 Å². The molecule has 0 aliphatic rings. The van der Waals surface area contributed by atoms with Crippen LogP contribution in [0, 0.1) is 20.2 Å². The Labute approximate surface area is 359 Å². The molecule has 0 aliphatic heterocycles. The highest BCUT2D eigenvalue weighted by Gasteiger charge is 2.17. The summed E-state index contributed by atoms with van der Waals surface area (Å²) in [5, 5.41) is 22.4. The summed E-state index contributed by atoms with van der Waals surface area (Å²) in [6, 6.07) is 60.0. The molecule has 2 aromatic heterocycles. The van der Waals surface area contributed by atoms with Gasteiger partial charge < -0.3 is 4.74 Å². The zero-order chi connectivity index (χ0) is 42.9. The van der Waals surface area contributed by atoms with Crippen LogP contribution < -0.4 is 4.74 Å². The van der Waals surface area contributed by atoms with Gasteiger partial charge >= 0.3 is 0 Å². The van der Waals surface area contributed by atoms with E-state index >= 15 is 0 Å². The summed E-state index contributed by atoms with van der Waals surface area (Å²) in [4.78, 5) is 42.1. The first kappa shape index (κ1) is 38.3. The molecule has 63 heavy (non-hydrogen) atoms. The fourth-order valence-electron chi connectivity index (χ4n) is 7.52. The van der Waals surface area contributed by atoms with Gasteiger partial charge in [-0.05, 0) is 70.8 Å². The number of hydrogen-bond donors (Lipinski definition) is 0. The van der Waals surface area contributed by atoms with Gasteiger partial charge in [-0.3, -0.25) is 20.2 Å². The lowest BCUT2D eigenvalue weighted by molar-refractivity contribution is -0.385. The molecule has 10 rings (SSSR count). The quantitative estimate of drug-likeness (QED) is 0.0971. The zero-order valence-electron chi connectivity index (χ0n) is 33.2. The number of aromatic nitrogens is 4. The van der Waals surface area contributed by atoms with Crippen LogP contribution in [-0.4, -0.2) is 29.8 Å². The molecule has 2 heterocycles. The summed E-state index contributed by atoms with van der Waals surface area (Å²) >= 11 is 0. The molecule has 0 unspecified atom stereocenters. The van der Waals surface area contributed by atoms with E-state index in [1.165, 1.54) is 24.3 Å². The Morgan fingerprint density at radius 1 is 0.317 bits per heavy atom. The second-order valence-corrected chi connectivity index (χ2v) is 14.7. The minimum atomic E-state index is -0.406. The summed E-state index contributed by atoms with van der Waals surface area (Å²) in [5.41, 5.74) is 12.8. The fraction of sp³-hybridized carbons (Fsp3) is 0. The van der Waals surface area contributed by atoms with E-state index in [9.17, 15) is 20.2 Å². The number of nitro benzene ring substituents is 2. The Balaban J connectivity index is 0.985. The Hall–Kier alpha value is -8.96. The third-order valence-corrected chi connectivity index (χ3v) is 10.7. The van der Waals surface area contributed by atoms with Gasteiger partial charge in [0.2, 0.25) is 0 Å². The lowest BCUT2D eigenvalue weighted by Crippen LogP contribution is -1.97. The highest BCUT2D eigenvalue weighted by molar-refractivity contribution is 5.89. The van der Waals surface area contributed by atoms with E-state index in [0.717, 1.165) is 55.9 Å². The molecule has 300 valence electrons. The smallest absolute Gasteiger partial charge is 0.269 e. The number of ether oxygens (including phenoxy) is 1. The molecule has 0 saturated heterocycles. The molecule has 0 fully saturated rings. The standard InChI is InChI=1S/C52H32N6O5/c59-57(60)41-23-19-35(20-24-41)33-11-15-39(16-12-33)51-49(37-7-3-1-4-8-37)53-45-29-27-43(31-47(45)55-51)63-44-28-30-46-48(32-44)56-52(50(54-46)38-9-5-2-6-10-38)40-17-13-34(14-18-40)36-21-25-42(26-22-36)58(61)62/h1-32H. The van der Waals surface area contributed by atoms with E-state index in [1.807, 2.05) is 146 Å². The molecule has 0 radical (unpaired) electrons. The van der Waals surface area contributed by atoms with Crippen molar-refractivity contribution in [2.75, 3.05) is 0 Å². The van der Waals surface area contributed by atoms with Crippen molar-refractivity contribution in [3.63, 3.8) is 0 Å². The molecular weight excluding hydrogens is 789 g/mol. The highest BCUT2D eigenvalue weighted by atomic mass is 16.6. The van der Waals surface area contributed by atoms with Gasteiger partial charge in [-0.1, -0.05) is 109 Å². The summed E-state index contributed by atoms with van der Waals surface area (Å²) in [7, 11) is 0. The molecule has 0 atom stereocenters. The molecule has 10 aromatic rings. The van der Waals surface area contributed by atoms with Crippen LogP contribution in [0.5, 0.6) is 11.5 Å². The molecule has 0 spiro atoms. The van der Waals surface area contributed by atoms with Gasteiger partial charge in [-0.2, -0.15) is 0 Å². The molecule has 0 amide bonds. The predicted molar refractivity (Wildman–Crippen MR) is 245 cm³/mol. The summed E-state index contributed by atoms with van der Waals surface area (Å²) in [6.45, 7) is 0. The Bertz CT molecular complexity index is 3100. The second-order valence-electron chi connectivity index (χ2n) is 14.7. The molecule has 8 aromatic carbocycles. The van der Waals surface area contributed by atoms with Gasteiger partial charge in [0.1, 0.15) is 11.5 Å². The Morgan fingerprint density at radius 3 is 0.937 bits per heavy atom. The summed E-state index contributed by atoms with van der Waals surface area (Å²) in [5.74, 6) is 1.14. The number of non-ortho nitro benzene ring substituents is 2. The van der Waals surface area contributed by atoms with Crippen LogP contribution in [0.15, 0.2) is 194 Å². The van der Waals surface area contributed by atoms with Gasteiger partial charge in [0.05, 0.1) is 54.7 Å². The van der Waals surface area contributed by atoms with Crippen molar-refractivity contribution < 1.29 is 14.6 Å². The predicted octanol–water partition coefficient (Wildman–Crippen LogP) is 13.2.